The first-order valence-corrected chi connectivity index (χ1v) is 7.06. The highest BCUT2D eigenvalue weighted by Gasteiger charge is 2.16. The van der Waals surface area contributed by atoms with E-state index in [9.17, 15) is 4.79 Å². The molecule has 19 heavy (non-hydrogen) atoms. The summed E-state index contributed by atoms with van der Waals surface area (Å²) in [5.74, 6) is -0.653. The van der Waals surface area contributed by atoms with Gasteiger partial charge >= 0.3 is 5.97 Å². The van der Waals surface area contributed by atoms with E-state index in [1.54, 1.807) is 0 Å². The van der Waals surface area contributed by atoms with Crippen LogP contribution >= 0.6 is 0 Å². The molecule has 0 fully saturated rings. The predicted octanol–water partition coefficient (Wildman–Crippen LogP) is 3.31. The van der Waals surface area contributed by atoms with Gasteiger partial charge in [0.2, 0.25) is 0 Å². The molecule has 0 spiro atoms. The summed E-state index contributed by atoms with van der Waals surface area (Å²) in [7, 11) is 0. The lowest BCUT2D eigenvalue weighted by molar-refractivity contribution is -0.138. The van der Waals surface area contributed by atoms with Crippen LogP contribution in [-0.4, -0.2) is 11.1 Å². The van der Waals surface area contributed by atoms with Crippen LogP contribution in [0, 0.1) is 5.92 Å². The standard InChI is InChI=1S/C16H25NO2/c1-4-12-6-7-13(5-2)14(10-12)15(17)8-11(3)9-16(18)19/h6-7,10-11,15H,4-5,8-9,17H2,1-3H3,(H,18,19). The van der Waals surface area contributed by atoms with Crippen molar-refractivity contribution in [3.8, 4) is 0 Å². The number of aliphatic carboxylic acids is 1. The summed E-state index contributed by atoms with van der Waals surface area (Å²) < 4.78 is 0. The number of benzene rings is 1. The molecule has 0 radical (unpaired) electrons. The molecule has 0 aliphatic rings. The lowest BCUT2D eigenvalue weighted by atomic mass is 9.89. The van der Waals surface area contributed by atoms with Gasteiger partial charge in [-0.1, -0.05) is 39.0 Å². The third-order valence-corrected chi connectivity index (χ3v) is 3.58. The van der Waals surface area contributed by atoms with E-state index in [2.05, 4.69) is 32.0 Å². The van der Waals surface area contributed by atoms with E-state index >= 15 is 0 Å². The minimum absolute atomic E-state index is 0.0733. The van der Waals surface area contributed by atoms with Gasteiger partial charge in [0.15, 0.2) is 0 Å². The van der Waals surface area contributed by atoms with Gasteiger partial charge in [-0.2, -0.15) is 0 Å². The zero-order valence-electron chi connectivity index (χ0n) is 12.1. The van der Waals surface area contributed by atoms with Gasteiger partial charge in [-0.05, 0) is 41.9 Å². The Labute approximate surface area is 115 Å². The van der Waals surface area contributed by atoms with Crippen LogP contribution < -0.4 is 5.73 Å². The summed E-state index contributed by atoms with van der Waals surface area (Å²) >= 11 is 0. The molecule has 3 N–H and O–H groups in total. The van der Waals surface area contributed by atoms with E-state index < -0.39 is 5.97 Å². The molecule has 0 amide bonds. The summed E-state index contributed by atoms with van der Waals surface area (Å²) in [4.78, 5) is 10.7. The first-order chi connectivity index (χ1) is 8.97. The van der Waals surface area contributed by atoms with Crippen molar-refractivity contribution in [2.45, 2.75) is 52.5 Å². The highest BCUT2D eigenvalue weighted by Crippen LogP contribution is 2.25. The minimum atomic E-state index is -0.752. The molecule has 0 saturated carbocycles. The molecule has 2 unspecified atom stereocenters. The van der Waals surface area contributed by atoms with Crippen LogP contribution in [0.5, 0.6) is 0 Å². The average molecular weight is 263 g/mol. The Morgan fingerprint density at radius 2 is 2.00 bits per heavy atom. The zero-order valence-corrected chi connectivity index (χ0v) is 12.1. The molecule has 2 atom stereocenters. The Balaban J connectivity index is 2.84. The van der Waals surface area contributed by atoms with Gasteiger partial charge in [0.1, 0.15) is 0 Å². The van der Waals surface area contributed by atoms with E-state index in [0.29, 0.717) is 6.42 Å². The van der Waals surface area contributed by atoms with Crippen molar-refractivity contribution in [1.29, 1.82) is 0 Å². The highest BCUT2D eigenvalue weighted by molar-refractivity contribution is 5.66. The van der Waals surface area contributed by atoms with Crippen molar-refractivity contribution in [2.75, 3.05) is 0 Å². The van der Waals surface area contributed by atoms with Crippen LogP contribution in [0.3, 0.4) is 0 Å². The van der Waals surface area contributed by atoms with E-state index in [0.717, 1.165) is 12.8 Å². The van der Waals surface area contributed by atoms with Crippen molar-refractivity contribution in [3.63, 3.8) is 0 Å². The summed E-state index contributed by atoms with van der Waals surface area (Å²) in [5, 5.41) is 8.81. The van der Waals surface area contributed by atoms with Crippen LogP contribution in [0.25, 0.3) is 0 Å². The van der Waals surface area contributed by atoms with Crippen molar-refractivity contribution in [2.24, 2.45) is 11.7 Å². The fourth-order valence-electron chi connectivity index (χ4n) is 2.47. The van der Waals surface area contributed by atoms with E-state index in [-0.39, 0.29) is 18.4 Å². The molecule has 0 aromatic heterocycles. The molecule has 1 aromatic rings. The SMILES string of the molecule is CCc1ccc(CC)c(C(N)CC(C)CC(=O)O)c1. The smallest absolute Gasteiger partial charge is 0.303 e. The molecule has 3 heteroatoms. The zero-order chi connectivity index (χ0) is 14.4. The monoisotopic (exact) mass is 263 g/mol. The maximum Gasteiger partial charge on any atom is 0.303 e. The Bertz CT molecular complexity index is 429. The largest absolute Gasteiger partial charge is 0.481 e. The van der Waals surface area contributed by atoms with Gasteiger partial charge in [0.05, 0.1) is 0 Å². The van der Waals surface area contributed by atoms with Gasteiger partial charge in [0.25, 0.3) is 0 Å². The molecule has 3 nitrogen and oxygen atoms in total. The highest BCUT2D eigenvalue weighted by atomic mass is 16.4. The van der Waals surface area contributed by atoms with Gasteiger partial charge < -0.3 is 10.8 Å². The van der Waals surface area contributed by atoms with Gasteiger partial charge in [-0.25, -0.2) is 0 Å². The lowest BCUT2D eigenvalue weighted by Crippen LogP contribution is -2.17. The fourth-order valence-corrected chi connectivity index (χ4v) is 2.47. The Morgan fingerprint density at radius 3 is 2.53 bits per heavy atom. The van der Waals surface area contributed by atoms with Crippen LogP contribution in [0.4, 0.5) is 0 Å². The molecule has 0 heterocycles. The lowest BCUT2D eigenvalue weighted by Gasteiger charge is -2.20. The van der Waals surface area contributed by atoms with Gasteiger partial charge in [-0.15, -0.1) is 0 Å². The molecule has 0 aliphatic carbocycles. The Hall–Kier alpha value is -1.35. The van der Waals surface area contributed by atoms with E-state index in [1.165, 1.54) is 16.7 Å². The van der Waals surface area contributed by atoms with Crippen LogP contribution in [0.1, 0.15) is 56.3 Å². The first kappa shape index (κ1) is 15.7. The maximum absolute atomic E-state index is 10.7. The van der Waals surface area contributed by atoms with E-state index in [1.807, 2.05) is 6.92 Å². The molecule has 106 valence electrons. The number of rotatable bonds is 7. The second kappa shape index (κ2) is 7.29. The molecule has 0 saturated heterocycles. The summed E-state index contributed by atoms with van der Waals surface area (Å²) in [5.41, 5.74) is 10.0. The number of carbonyl (C=O) groups is 1. The van der Waals surface area contributed by atoms with Crippen molar-refractivity contribution in [3.05, 3.63) is 34.9 Å². The molecule has 1 aromatic carbocycles. The molecular formula is C16H25NO2. The van der Waals surface area contributed by atoms with Crippen LogP contribution in [-0.2, 0) is 17.6 Å². The van der Waals surface area contributed by atoms with Crippen molar-refractivity contribution < 1.29 is 9.90 Å². The van der Waals surface area contributed by atoms with Gasteiger partial charge in [0, 0.05) is 12.5 Å². The molecule has 0 bridgehead atoms. The fraction of sp³-hybridized carbons (Fsp3) is 0.562. The molecule has 1 rings (SSSR count). The second-order valence-electron chi connectivity index (χ2n) is 5.29. The second-order valence-corrected chi connectivity index (χ2v) is 5.29. The topological polar surface area (TPSA) is 63.3 Å². The van der Waals surface area contributed by atoms with Crippen molar-refractivity contribution in [1.82, 2.24) is 0 Å². The number of hydrogen-bond acceptors (Lipinski definition) is 2. The van der Waals surface area contributed by atoms with Gasteiger partial charge in [-0.3, -0.25) is 4.79 Å². The van der Waals surface area contributed by atoms with E-state index in [4.69, 9.17) is 10.8 Å². The Kier molecular flexibility index (Phi) is 6.03. The van der Waals surface area contributed by atoms with Crippen LogP contribution in [0.2, 0.25) is 0 Å². The van der Waals surface area contributed by atoms with Crippen molar-refractivity contribution >= 4 is 5.97 Å². The predicted molar refractivity (Wildman–Crippen MR) is 78.2 cm³/mol. The number of carboxylic acids is 1. The third-order valence-electron chi connectivity index (χ3n) is 3.58. The average Bonchev–Trinajstić information content (AvgIpc) is 2.36. The number of nitrogens with two attached hydrogens (primary N) is 1. The summed E-state index contributed by atoms with van der Waals surface area (Å²) in [6.07, 6.45) is 2.85. The van der Waals surface area contributed by atoms with Crippen LogP contribution in [0.15, 0.2) is 18.2 Å². The summed E-state index contributed by atoms with van der Waals surface area (Å²) in [6.45, 7) is 6.20. The Morgan fingerprint density at radius 1 is 1.32 bits per heavy atom. The summed E-state index contributed by atoms with van der Waals surface area (Å²) in [6, 6.07) is 6.40. The molecular weight excluding hydrogens is 238 g/mol. The number of carboxylic acid groups (broad SMARTS) is 1. The maximum atomic E-state index is 10.7. The quantitative estimate of drug-likeness (QED) is 0.793. The molecule has 0 aliphatic heterocycles. The number of aryl methyl sites for hydroxylation is 2. The minimum Gasteiger partial charge on any atom is -0.481 e. The number of hydrogen-bond donors (Lipinski definition) is 2. The third kappa shape index (κ3) is 4.67. The normalized spacial score (nSPS) is 14.1. The first-order valence-electron chi connectivity index (χ1n) is 7.06.